The van der Waals surface area contributed by atoms with Crippen LogP contribution in [0, 0.1) is 12.3 Å². The molecule has 0 amide bonds. The SMILES string of the molecule is C#Cc1ccccc1CN1CCc2nc(C(F)(F)F)ncc2C1. The van der Waals surface area contributed by atoms with Gasteiger partial charge in [-0.1, -0.05) is 24.1 Å². The van der Waals surface area contributed by atoms with Gasteiger partial charge in [0.05, 0.1) is 5.69 Å². The van der Waals surface area contributed by atoms with Crippen molar-refractivity contribution < 1.29 is 13.2 Å². The number of rotatable bonds is 2. The van der Waals surface area contributed by atoms with Gasteiger partial charge in [-0.25, -0.2) is 9.97 Å². The smallest absolute Gasteiger partial charge is 0.294 e. The highest BCUT2D eigenvalue weighted by atomic mass is 19.4. The van der Waals surface area contributed by atoms with Crippen molar-refractivity contribution in [3.63, 3.8) is 0 Å². The number of alkyl halides is 3. The Morgan fingerprint density at radius 2 is 2.04 bits per heavy atom. The summed E-state index contributed by atoms with van der Waals surface area (Å²) in [4.78, 5) is 9.24. The van der Waals surface area contributed by atoms with Crippen molar-refractivity contribution in [3.8, 4) is 12.3 Å². The first-order valence-electron chi connectivity index (χ1n) is 7.16. The third-order valence-corrected chi connectivity index (χ3v) is 3.83. The van der Waals surface area contributed by atoms with Crippen LogP contribution in [0.3, 0.4) is 0 Å². The number of fused-ring (bicyclic) bond motifs is 1. The molecule has 6 heteroatoms. The Labute approximate surface area is 132 Å². The maximum Gasteiger partial charge on any atom is 0.451 e. The number of benzene rings is 1. The van der Waals surface area contributed by atoms with E-state index in [0.29, 0.717) is 31.7 Å². The minimum atomic E-state index is -4.50. The topological polar surface area (TPSA) is 29.0 Å². The molecule has 0 atom stereocenters. The van der Waals surface area contributed by atoms with Crippen LogP contribution in [-0.2, 0) is 25.7 Å². The third kappa shape index (κ3) is 3.35. The van der Waals surface area contributed by atoms with Crippen molar-refractivity contribution in [2.45, 2.75) is 25.7 Å². The monoisotopic (exact) mass is 317 g/mol. The molecule has 0 radical (unpaired) electrons. The van der Waals surface area contributed by atoms with Crippen molar-refractivity contribution in [1.82, 2.24) is 14.9 Å². The van der Waals surface area contributed by atoms with E-state index in [4.69, 9.17) is 6.42 Å². The molecule has 118 valence electrons. The van der Waals surface area contributed by atoms with Crippen LogP contribution < -0.4 is 0 Å². The average molecular weight is 317 g/mol. The van der Waals surface area contributed by atoms with Crippen LogP contribution in [0.4, 0.5) is 13.2 Å². The van der Waals surface area contributed by atoms with E-state index in [0.717, 1.165) is 16.7 Å². The van der Waals surface area contributed by atoms with Gasteiger partial charge in [-0.05, 0) is 11.6 Å². The molecule has 3 rings (SSSR count). The van der Waals surface area contributed by atoms with Crippen molar-refractivity contribution in [2.75, 3.05) is 6.54 Å². The van der Waals surface area contributed by atoms with Crippen LogP contribution in [0.25, 0.3) is 0 Å². The largest absolute Gasteiger partial charge is 0.451 e. The zero-order chi connectivity index (χ0) is 16.4. The first-order valence-corrected chi connectivity index (χ1v) is 7.16. The normalized spacial score (nSPS) is 15.0. The Bertz CT molecular complexity index is 762. The Morgan fingerprint density at radius 3 is 2.78 bits per heavy atom. The zero-order valence-corrected chi connectivity index (χ0v) is 12.3. The molecule has 0 aliphatic carbocycles. The Kier molecular flexibility index (Phi) is 4.05. The number of aromatic nitrogens is 2. The van der Waals surface area contributed by atoms with E-state index in [9.17, 15) is 13.2 Å². The van der Waals surface area contributed by atoms with Crippen molar-refractivity contribution in [1.29, 1.82) is 0 Å². The number of terminal acetylenes is 1. The van der Waals surface area contributed by atoms with Crippen molar-refractivity contribution >= 4 is 0 Å². The first-order chi connectivity index (χ1) is 11.0. The molecule has 1 aromatic heterocycles. The highest BCUT2D eigenvalue weighted by Gasteiger charge is 2.35. The van der Waals surface area contributed by atoms with Crippen LogP contribution in [-0.4, -0.2) is 21.4 Å². The van der Waals surface area contributed by atoms with E-state index in [1.807, 2.05) is 24.3 Å². The quantitative estimate of drug-likeness (QED) is 0.797. The van der Waals surface area contributed by atoms with Gasteiger partial charge in [0, 0.05) is 43.4 Å². The molecule has 0 saturated heterocycles. The fraction of sp³-hybridized carbons (Fsp3) is 0.294. The fourth-order valence-electron chi connectivity index (χ4n) is 2.69. The summed E-state index contributed by atoms with van der Waals surface area (Å²) in [7, 11) is 0. The van der Waals surface area contributed by atoms with E-state index >= 15 is 0 Å². The standard InChI is InChI=1S/C17H14F3N3/c1-2-12-5-3-4-6-13(12)10-23-8-7-15-14(11-23)9-21-16(22-15)17(18,19)20/h1,3-6,9H,7-8,10-11H2. The maximum atomic E-state index is 12.7. The van der Waals surface area contributed by atoms with Crippen LogP contribution in [0.2, 0.25) is 0 Å². The fourth-order valence-corrected chi connectivity index (χ4v) is 2.69. The van der Waals surface area contributed by atoms with E-state index in [1.165, 1.54) is 6.20 Å². The lowest BCUT2D eigenvalue weighted by atomic mass is 10.0. The highest BCUT2D eigenvalue weighted by molar-refractivity contribution is 5.39. The van der Waals surface area contributed by atoms with Gasteiger partial charge in [-0.2, -0.15) is 13.2 Å². The maximum absolute atomic E-state index is 12.7. The number of hydrogen-bond acceptors (Lipinski definition) is 3. The summed E-state index contributed by atoms with van der Waals surface area (Å²) in [5, 5.41) is 0. The summed E-state index contributed by atoms with van der Waals surface area (Å²) in [5.74, 6) is 1.58. The summed E-state index contributed by atoms with van der Waals surface area (Å²) in [5.41, 5.74) is 3.09. The second-order valence-electron chi connectivity index (χ2n) is 5.43. The van der Waals surface area contributed by atoms with Crippen molar-refractivity contribution in [3.05, 3.63) is 58.7 Å². The summed E-state index contributed by atoms with van der Waals surface area (Å²) < 4.78 is 38.0. The average Bonchev–Trinajstić information content (AvgIpc) is 2.54. The second-order valence-corrected chi connectivity index (χ2v) is 5.43. The van der Waals surface area contributed by atoms with Gasteiger partial charge in [0.1, 0.15) is 0 Å². The van der Waals surface area contributed by atoms with Crippen LogP contribution in [0.1, 0.15) is 28.2 Å². The molecule has 3 nitrogen and oxygen atoms in total. The van der Waals surface area contributed by atoms with E-state index in [-0.39, 0.29) is 0 Å². The molecule has 0 bridgehead atoms. The van der Waals surface area contributed by atoms with Gasteiger partial charge in [0.25, 0.3) is 0 Å². The lowest BCUT2D eigenvalue weighted by Crippen LogP contribution is -2.31. The minimum absolute atomic E-state index is 0.471. The molecule has 2 heterocycles. The molecule has 0 fully saturated rings. The molecule has 0 N–H and O–H groups in total. The van der Waals surface area contributed by atoms with Gasteiger partial charge >= 0.3 is 6.18 Å². The molecule has 0 spiro atoms. The van der Waals surface area contributed by atoms with Gasteiger partial charge in [0.2, 0.25) is 5.82 Å². The molecule has 1 aromatic carbocycles. The predicted molar refractivity (Wildman–Crippen MR) is 79.2 cm³/mol. The lowest BCUT2D eigenvalue weighted by Gasteiger charge is -2.28. The summed E-state index contributed by atoms with van der Waals surface area (Å²) >= 11 is 0. The van der Waals surface area contributed by atoms with Crippen LogP contribution >= 0.6 is 0 Å². The van der Waals surface area contributed by atoms with Gasteiger partial charge in [-0.3, -0.25) is 4.90 Å². The highest BCUT2D eigenvalue weighted by Crippen LogP contribution is 2.28. The molecule has 0 unspecified atom stereocenters. The minimum Gasteiger partial charge on any atom is -0.294 e. The molecule has 23 heavy (non-hydrogen) atoms. The Balaban J connectivity index is 1.77. The summed E-state index contributed by atoms with van der Waals surface area (Å²) in [6, 6.07) is 7.66. The van der Waals surface area contributed by atoms with Gasteiger partial charge in [-0.15, -0.1) is 6.42 Å². The van der Waals surface area contributed by atoms with Gasteiger partial charge < -0.3 is 0 Å². The van der Waals surface area contributed by atoms with E-state index < -0.39 is 12.0 Å². The van der Waals surface area contributed by atoms with E-state index in [1.54, 1.807) is 0 Å². The second kappa shape index (κ2) is 6.01. The Hall–Kier alpha value is -2.39. The zero-order valence-electron chi connectivity index (χ0n) is 12.3. The Morgan fingerprint density at radius 1 is 1.26 bits per heavy atom. The molecular weight excluding hydrogens is 303 g/mol. The lowest BCUT2D eigenvalue weighted by molar-refractivity contribution is -0.145. The summed E-state index contributed by atoms with van der Waals surface area (Å²) in [6.45, 7) is 1.81. The third-order valence-electron chi connectivity index (χ3n) is 3.83. The molecule has 1 aliphatic rings. The van der Waals surface area contributed by atoms with E-state index in [2.05, 4.69) is 20.8 Å². The first kappa shape index (κ1) is 15.5. The van der Waals surface area contributed by atoms with Crippen molar-refractivity contribution in [2.24, 2.45) is 0 Å². The number of halogens is 3. The number of hydrogen-bond donors (Lipinski definition) is 0. The predicted octanol–water partition coefficient (Wildman–Crippen LogP) is 3.04. The van der Waals surface area contributed by atoms with Crippen LogP contribution in [0.15, 0.2) is 30.5 Å². The summed E-state index contributed by atoms with van der Waals surface area (Å²) in [6.07, 6.45) is 2.75. The number of nitrogens with zero attached hydrogens (tertiary/aromatic N) is 3. The molecule has 1 aliphatic heterocycles. The van der Waals surface area contributed by atoms with Gasteiger partial charge in [0.15, 0.2) is 0 Å². The molecule has 0 saturated carbocycles. The molecular formula is C17H14F3N3. The van der Waals surface area contributed by atoms with Crippen LogP contribution in [0.5, 0.6) is 0 Å². The molecule has 2 aromatic rings.